The number of carboxylic acids is 1. The lowest BCUT2D eigenvalue weighted by molar-refractivity contribution is -0.135. The number of para-hydroxylation sites is 1. The van der Waals surface area contributed by atoms with Gasteiger partial charge in [0, 0.05) is 18.5 Å². The molecule has 3 N–H and O–H groups in total. The molecule has 0 spiro atoms. The number of carbonyl (C=O) groups is 2. The number of nitrogens with one attached hydrogen (secondary N) is 1. The Hall–Kier alpha value is -3.23. The van der Waals surface area contributed by atoms with Crippen LogP contribution >= 0.6 is 23.2 Å². The molecule has 10 heteroatoms. The molecule has 0 unspecified atom stereocenters. The van der Waals surface area contributed by atoms with Gasteiger partial charge >= 0.3 is 5.97 Å². The van der Waals surface area contributed by atoms with Crippen molar-refractivity contribution in [3.63, 3.8) is 0 Å². The van der Waals surface area contributed by atoms with E-state index in [1.165, 1.54) is 25.2 Å². The molecule has 0 fully saturated rings. The summed E-state index contributed by atoms with van der Waals surface area (Å²) in [7, 11) is 1.41. The molecule has 1 heterocycles. The van der Waals surface area contributed by atoms with Crippen molar-refractivity contribution in [3.05, 3.63) is 62.4 Å². The molecule has 0 aliphatic carbocycles. The maximum atomic E-state index is 12.6. The summed E-state index contributed by atoms with van der Waals surface area (Å²) < 4.78 is 6.86. The van der Waals surface area contributed by atoms with Crippen LogP contribution in [0.15, 0.2) is 41.2 Å². The second kappa shape index (κ2) is 8.02. The van der Waals surface area contributed by atoms with Crippen molar-refractivity contribution in [2.24, 2.45) is 7.05 Å². The molecule has 8 nitrogen and oxygen atoms in total. The zero-order valence-electron chi connectivity index (χ0n) is 14.9. The number of aromatic hydroxyl groups is 1. The van der Waals surface area contributed by atoms with E-state index in [9.17, 15) is 19.5 Å². The number of nitrogens with zero attached hydrogens (tertiary/aromatic N) is 1. The summed E-state index contributed by atoms with van der Waals surface area (Å²) in [6.07, 6.45) is 0. The first-order valence-corrected chi connectivity index (χ1v) is 8.94. The van der Waals surface area contributed by atoms with Crippen LogP contribution in [0, 0.1) is 0 Å². The first kappa shape index (κ1) is 20.5. The summed E-state index contributed by atoms with van der Waals surface area (Å²) in [5.74, 6) is -2.31. The second-order valence-corrected chi connectivity index (χ2v) is 6.81. The van der Waals surface area contributed by atoms with E-state index in [1.807, 2.05) is 0 Å². The standard InChI is InChI=1S/C19H14Cl2N2O6/c1-23-13-7-9(29-17-11(20)3-2-4-12(17)21)5-6-10(13)16(26)15(19(23)28)18(27)22-8-14(24)25/h2-7,26H,8H2,1H3,(H,22,27)(H,24,25). The molecule has 0 radical (unpaired) electrons. The highest BCUT2D eigenvalue weighted by molar-refractivity contribution is 6.37. The third-order valence-electron chi connectivity index (χ3n) is 4.11. The molecule has 29 heavy (non-hydrogen) atoms. The molecule has 2 aromatic carbocycles. The van der Waals surface area contributed by atoms with E-state index < -0.39 is 35.3 Å². The largest absolute Gasteiger partial charge is 0.506 e. The van der Waals surface area contributed by atoms with Crippen LogP contribution in [-0.2, 0) is 11.8 Å². The first-order valence-electron chi connectivity index (χ1n) is 8.18. The average molecular weight is 437 g/mol. The van der Waals surface area contributed by atoms with Crippen molar-refractivity contribution in [3.8, 4) is 17.2 Å². The van der Waals surface area contributed by atoms with Crippen molar-refractivity contribution >= 4 is 46.0 Å². The summed E-state index contributed by atoms with van der Waals surface area (Å²) in [5.41, 5.74) is -1.07. The molecule has 0 bridgehead atoms. The van der Waals surface area contributed by atoms with Crippen molar-refractivity contribution in [2.75, 3.05) is 6.54 Å². The van der Waals surface area contributed by atoms with Crippen LogP contribution in [0.1, 0.15) is 10.4 Å². The smallest absolute Gasteiger partial charge is 0.322 e. The topological polar surface area (TPSA) is 118 Å². The van der Waals surface area contributed by atoms with Crippen LogP contribution in [0.3, 0.4) is 0 Å². The normalized spacial score (nSPS) is 10.7. The van der Waals surface area contributed by atoms with E-state index in [0.717, 1.165) is 4.57 Å². The van der Waals surface area contributed by atoms with Gasteiger partial charge in [0.1, 0.15) is 23.6 Å². The van der Waals surface area contributed by atoms with Crippen LogP contribution < -0.4 is 15.6 Å². The molecule has 0 atom stereocenters. The van der Waals surface area contributed by atoms with Crippen molar-refractivity contribution in [2.45, 2.75) is 0 Å². The Kier molecular flexibility index (Phi) is 5.67. The van der Waals surface area contributed by atoms with E-state index in [2.05, 4.69) is 5.32 Å². The lowest BCUT2D eigenvalue weighted by Crippen LogP contribution is -2.35. The van der Waals surface area contributed by atoms with Gasteiger partial charge in [-0.05, 0) is 24.3 Å². The number of amides is 1. The van der Waals surface area contributed by atoms with Gasteiger partial charge in [-0.2, -0.15) is 0 Å². The van der Waals surface area contributed by atoms with Gasteiger partial charge in [0.25, 0.3) is 11.5 Å². The fourth-order valence-corrected chi connectivity index (χ4v) is 3.19. The maximum absolute atomic E-state index is 12.6. The zero-order chi connectivity index (χ0) is 21.3. The molecule has 0 saturated carbocycles. The lowest BCUT2D eigenvalue weighted by Gasteiger charge is -2.14. The molecule has 150 valence electrons. The molecule has 0 aliphatic heterocycles. The number of rotatable bonds is 5. The van der Waals surface area contributed by atoms with Crippen LogP contribution in [0.25, 0.3) is 10.9 Å². The monoisotopic (exact) mass is 436 g/mol. The minimum absolute atomic E-state index is 0.199. The Morgan fingerprint density at radius 1 is 1.17 bits per heavy atom. The average Bonchev–Trinajstić information content (AvgIpc) is 2.67. The van der Waals surface area contributed by atoms with Crippen molar-refractivity contribution in [1.29, 1.82) is 0 Å². The third kappa shape index (κ3) is 3.98. The Bertz CT molecular complexity index is 1190. The van der Waals surface area contributed by atoms with E-state index in [-0.39, 0.29) is 16.7 Å². The van der Waals surface area contributed by atoms with Gasteiger partial charge < -0.3 is 24.8 Å². The van der Waals surface area contributed by atoms with E-state index >= 15 is 0 Å². The van der Waals surface area contributed by atoms with Gasteiger partial charge in [0.15, 0.2) is 5.75 Å². The zero-order valence-corrected chi connectivity index (χ0v) is 16.4. The van der Waals surface area contributed by atoms with Crippen LogP contribution in [-0.4, -0.2) is 33.2 Å². The summed E-state index contributed by atoms with van der Waals surface area (Å²) in [5, 5.41) is 22.0. The van der Waals surface area contributed by atoms with Gasteiger partial charge in [-0.15, -0.1) is 0 Å². The summed E-state index contributed by atoms with van der Waals surface area (Å²) in [6, 6.07) is 9.32. The van der Waals surface area contributed by atoms with Gasteiger partial charge in [-0.1, -0.05) is 29.3 Å². The highest BCUT2D eigenvalue weighted by Crippen LogP contribution is 2.37. The molecule has 1 aromatic heterocycles. The molecule has 3 rings (SSSR count). The van der Waals surface area contributed by atoms with Crippen LogP contribution in [0.5, 0.6) is 17.2 Å². The summed E-state index contributed by atoms with van der Waals surface area (Å²) in [6.45, 7) is -0.690. The van der Waals surface area contributed by atoms with Gasteiger partial charge in [0.2, 0.25) is 0 Å². The molecule has 0 saturated heterocycles. The Morgan fingerprint density at radius 3 is 2.45 bits per heavy atom. The van der Waals surface area contributed by atoms with Crippen LogP contribution in [0.2, 0.25) is 10.0 Å². The Labute approximate surface area is 173 Å². The third-order valence-corrected chi connectivity index (χ3v) is 4.70. The van der Waals surface area contributed by atoms with Crippen molar-refractivity contribution < 1.29 is 24.5 Å². The number of hydrogen-bond acceptors (Lipinski definition) is 5. The van der Waals surface area contributed by atoms with Gasteiger partial charge in [-0.3, -0.25) is 14.4 Å². The quantitative estimate of drug-likeness (QED) is 0.565. The highest BCUT2D eigenvalue weighted by atomic mass is 35.5. The van der Waals surface area contributed by atoms with Crippen molar-refractivity contribution in [1.82, 2.24) is 9.88 Å². The number of carboxylic acid groups (broad SMARTS) is 1. The number of pyridine rings is 1. The first-order chi connectivity index (χ1) is 13.7. The maximum Gasteiger partial charge on any atom is 0.322 e. The fraction of sp³-hybridized carbons (Fsp3) is 0.105. The molecular weight excluding hydrogens is 423 g/mol. The summed E-state index contributed by atoms with van der Waals surface area (Å²) >= 11 is 12.2. The van der Waals surface area contributed by atoms with Gasteiger partial charge in [-0.25, -0.2) is 0 Å². The summed E-state index contributed by atoms with van der Waals surface area (Å²) in [4.78, 5) is 35.4. The van der Waals surface area contributed by atoms with Crippen LogP contribution in [0.4, 0.5) is 0 Å². The highest BCUT2D eigenvalue weighted by Gasteiger charge is 2.22. The number of benzene rings is 2. The molecule has 1 amide bonds. The Balaban J connectivity index is 2.08. The molecule has 3 aromatic rings. The number of halogens is 2. The number of aromatic nitrogens is 1. The minimum Gasteiger partial charge on any atom is -0.506 e. The number of aliphatic carboxylic acids is 1. The number of hydrogen-bond donors (Lipinski definition) is 3. The minimum atomic E-state index is -1.28. The number of carbonyl (C=O) groups excluding carboxylic acids is 1. The predicted molar refractivity (Wildman–Crippen MR) is 107 cm³/mol. The number of aryl methyl sites for hydroxylation is 1. The second-order valence-electron chi connectivity index (χ2n) is 6.00. The predicted octanol–water partition coefficient (Wildman–Crippen LogP) is 3.16. The van der Waals surface area contributed by atoms with E-state index in [4.69, 9.17) is 33.0 Å². The number of ether oxygens (including phenoxy) is 1. The number of fused-ring (bicyclic) bond motifs is 1. The van der Waals surface area contributed by atoms with Gasteiger partial charge in [0.05, 0.1) is 15.6 Å². The fourth-order valence-electron chi connectivity index (χ4n) is 2.71. The molecule has 0 aliphatic rings. The van der Waals surface area contributed by atoms with E-state index in [0.29, 0.717) is 15.8 Å². The van der Waals surface area contributed by atoms with E-state index in [1.54, 1.807) is 18.2 Å². The SMILES string of the molecule is Cn1c(=O)c(C(=O)NCC(=O)O)c(O)c2ccc(Oc3c(Cl)cccc3Cl)cc21. The Morgan fingerprint density at radius 2 is 1.83 bits per heavy atom. The lowest BCUT2D eigenvalue weighted by atomic mass is 10.1. The molecular formula is C19H14Cl2N2O6.